The van der Waals surface area contributed by atoms with Crippen LogP contribution in [0.5, 0.6) is 0 Å². The van der Waals surface area contributed by atoms with Crippen LogP contribution in [-0.2, 0) is 11.0 Å². The molecule has 1 amide bonds. The van der Waals surface area contributed by atoms with Crippen molar-refractivity contribution in [1.29, 1.82) is 0 Å². The van der Waals surface area contributed by atoms with Crippen LogP contribution in [0.2, 0.25) is 0 Å². The van der Waals surface area contributed by atoms with Crippen molar-refractivity contribution in [3.63, 3.8) is 0 Å². The maximum atomic E-state index is 13.8. The lowest BCUT2D eigenvalue weighted by Crippen LogP contribution is -2.48. The number of amides is 1. The molecule has 0 unspecified atom stereocenters. The predicted octanol–water partition coefficient (Wildman–Crippen LogP) is 4.76. The third kappa shape index (κ3) is 4.43. The Morgan fingerprint density at radius 3 is 2.39 bits per heavy atom. The standard InChI is InChI=1S/C25H24F3N7O/c1-15-21(30-23-18-8-4-6-10-20(18)32-33-23)29-22(17-7-3-5-9-19(17)25(26,27)28)31-24(15)35-13-11-34(12-14-35)16(2)36/h3-10H,11-14H2,1-2H3,(H2,29,30,31,32,33). The van der Waals surface area contributed by atoms with E-state index >= 15 is 0 Å². The fourth-order valence-corrected chi connectivity index (χ4v) is 4.38. The number of aromatic amines is 1. The van der Waals surface area contributed by atoms with Gasteiger partial charge in [-0.05, 0) is 25.1 Å². The zero-order chi connectivity index (χ0) is 25.4. The van der Waals surface area contributed by atoms with Crippen molar-refractivity contribution >= 4 is 34.3 Å². The highest BCUT2D eigenvalue weighted by Crippen LogP contribution is 2.38. The summed E-state index contributed by atoms with van der Waals surface area (Å²) in [7, 11) is 0. The van der Waals surface area contributed by atoms with E-state index in [2.05, 4.69) is 25.5 Å². The minimum Gasteiger partial charge on any atom is -0.353 e. The van der Waals surface area contributed by atoms with Crippen molar-refractivity contribution in [3.8, 4) is 11.4 Å². The topological polar surface area (TPSA) is 90.0 Å². The highest BCUT2D eigenvalue weighted by molar-refractivity contribution is 5.91. The average molecular weight is 496 g/mol. The number of carbonyl (C=O) groups excluding carboxylic acids is 1. The van der Waals surface area contributed by atoms with Crippen LogP contribution in [0.1, 0.15) is 18.1 Å². The molecule has 4 aromatic rings. The molecule has 0 bridgehead atoms. The van der Waals surface area contributed by atoms with Crippen molar-refractivity contribution in [2.75, 3.05) is 36.4 Å². The first kappa shape index (κ1) is 23.6. The van der Waals surface area contributed by atoms with Gasteiger partial charge in [0.25, 0.3) is 0 Å². The molecule has 1 aliphatic rings. The van der Waals surface area contributed by atoms with E-state index in [4.69, 9.17) is 0 Å². The Kier molecular flexibility index (Phi) is 5.99. The Balaban J connectivity index is 1.62. The van der Waals surface area contributed by atoms with Crippen LogP contribution in [0.15, 0.2) is 48.5 Å². The monoisotopic (exact) mass is 495 g/mol. The lowest BCUT2D eigenvalue weighted by atomic mass is 10.1. The Morgan fingerprint density at radius 1 is 0.972 bits per heavy atom. The van der Waals surface area contributed by atoms with E-state index in [1.165, 1.54) is 25.1 Å². The first-order valence-corrected chi connectivity index (χ1v) is 11.5. The molecule has 2 aromatic carbocycles. The quantitative estimate of drug-likeness (QED) is 0.424. The molecule has 0 radical (unpaired) electrons. The number of hydrogen-bond donors (Lipinski definition) is 2. The number of fused-ring (bicyclic) bond motifs is 1. The van der Waals surface area contributed by atoms with E-state index in [1.807, 2.05) is 36.1 Å². The molecule has 0 atom stereocenters. The van der Waals surface area contributed by atoms with Crippen LogP contribution in [0.4, 0.5) is 30.6 Å². The number of H-pyrrole nitrogens is 1. The van der Waals surface area contributed by atoms with Gasteiger partial charge >= 0.3 is 6.18 Å². The Labute approximate surface area is 205 Å². The van der Waals surface area contributed by atoms with Crippen LogP contribution in [-0.4, -0.2) is 57.2 Å². The number of piperazine rings is 1. The molecule has 3 heterocycles. The van der Waals surface area contributed by atoms with Gasteiger partial charge in [-0.1, -0.05) is 30.3 Å². The van der Waals surface area contributed by atoms with Gasteiger partial charge < -0.3 is 15.1 Å². The molecule has 0 aliphatic carbocycles. The number of rotatable bonds is 4. The van der Waals surface area contributed by atoms with Gasteiger partial charge in [0.2, 0.25) is 5.91 Å². The number of para-hydroxylation sites is 1. The Bertz CT molecular complexity index is 1420. The van der Waals surface area contributed by atoms with Gasteiger partial charge in [0.1, 0.15) is 11.6 Å². The zero-order valence-electron chi connectivity index (χ0n) is 19.7. The number of halogens is 3. The van der Waals surface area contributed by atoms with E-state index in [9.17, 15) is 18.0 Å². The minimum absolute atomic E-state index is 0.0124. The number of nitrogens with zero attached hydrogens (tertiary/aromatic N) is 5. The summed E-state index contributed by atoms with van der Waals surface area (Å²) < 4.78 is 41.5. The Hall–Kier alpha value is -4.15. The largest absolute Gasteiger partial charge is 0.417 e. The summed E-state index contributed by atoms with van der Waals surface area (Å²) in [5.41, 5.74) is 0.572. The van der Waals surface area contributed by atoms with Crippen molar-refractivity contribution in [2.45, 2.75) is 20.0 Å². The van der Waals surface area contributed by atoms with Crippen LogP contribution in [0, 0.1) is 6.92 Å². The summed E-state index contributed by atoms with van der Waals surface area (Å²) in [6.07, 6.45) is -4.57. The normalized spacial score (nSPS) is 14.4. The third-order valence-corrected chi connectivity index (χ3v) is 6.33. The molecule has 1 fully saturated rings. The number of benzene rings is 2. The molecule has 8 nitrogen and oxygen atoms in total. The molecule has 11 heteroatoms. The van der Waals surface area contributed by atoms with E-state index < -0.39 is 11.7 Å². The third-order valence-electron chi connectivity index (χ3n) is 6.33. The molecule has 2 N–H and O–H groups in total. The maximum absolute atomic E-state index is 13.8. The fourth-order valence-electron chi connectivity index (χ4n) is 4.38. The van der Waals surface area contributed by atoms with Crippen molar-refractivity contribution in [2.24, 2.45) is 0 Å². The van der Waals surface area contributed by atoms with Gasteiger partial charge in [-0.25, -0.2) is 9.97 Å². The molecule has 0 spiro atoms. The van der Waals surface area contributed by atoms with Gasteiger partial charge in [0, 0.05) is 49.6 Å². The summed E-state index contributed by atoms with van der Waals surface area (Å²) in [6, 6.07) is 12.8. The highest BCUT2D eigenvalue weighted by atomic mass is 19.4. The summed E-state index contributed by atoms with van der Waals surface area (Å²) in [4.78, 5) is 24.6. The second-order valence-electron chi connectivity index (χ2n) is 8.62. The molecule has 0 saturated carbocycles. The second-order valence-corrected chi connectivity index (χ2v) is 8.62. The first-order valence-electron chi connectivity index (χ1n) is 11.5. The van der Waals surface area contributed by atoms with Crippen LogP contribution in [0.25, 0.3) is 22.3 Å². The van der Waals surface area contributed by atoms with Crippen LogP contribution in [0.3, 0.4) is 0 Å². The predicted molar refractivity (Wildman–Crippen MR) is 131 cm³/mol. The molecular formula is C25H24F3N7O. The van der Waals surface area contributed by atoms with Gasteiger partial charge in [0.15, 0.2) is 11.6 Å². The molecular weight excluding hydrogens is 471 g/mol. The number of alkyl halides is 3. The number of aromatic nitrogens is 4. The van der Waals surface area contributed by atoms with Gasteiger partial charge in [-0.3, -0.25) is 9.89 Å². The van der Waals surface area contributed by atoms with Gasteiger partial charge in [-0.2, -0.15) is 18.3 Å². The maximum Gasteiger partial charge on any atom is 0.417 e. The molecule has 186 valence electrons. The summed E-state index contributed by atoms with van der Waals surface area (Å²) >= 11 is 0. The van der Waals surface area contributed by atoms with Crippen LogP contribution >= 0.6 is 0 Å². The van der Waals surface area contributed by atoms with Crippen LogP contribution < -0.4 is 10.2 Å². The molecule has 36 heavy (non-hydrogen) atoms. The highest BCUT2D eigenvalue weighted by Gasteiger charge is 2.34. The molecule has 5 rings (SSSR count). The summed E-state index contributed by atoms with van der Waals surface area (Å²) in [5.74, 6) is 1.33. The SMILES string of the molecule is CC(=O)N1CCN(c2nc(-c3ccccc3C(F)(F)F)nc(Nc3n[nH]c4ccccc34)c2C)CC1. The van der Waals surface area contributed by atoms with Crippen molar-refractivity contribution in [1.82, 2.24) is 25.1 Å². The van der Waals surface area contributed by atoms with Crippen molar-refractivity contribution < 1.29 is 18.0 Å². The molecule has 1 saturated heterocycles. The van der Waals surface area contributed by atoms with E-state index in [0.29, 0.717) is 49.2 Å². The lowest BCUT2D eigenvalue weighted by molar-refractivity contribution is -0.137. The number of hydrogen-bond acceptors (Lipinski definition) is 6. The zero-order valence-corrected chi connectivity index (χ0v) is 19.7. The molecule has 1 aliphatic heterocycles. The minimum atomic E-state index is -4.57. The average Bonchev–Trinajstić information content (AvgIpc) is 3.27. The lowest BCUT2D eigenvalue weighted by Gasteiger charge is -2.36. The fraction of sp³-hybridized carbons (Fsp3) is 0.280. The second kappa shape index (κ2) is 9.14. The number of carbonyl (C=O) groups is 1. The Morgan fingerprint density at radius 2 is 1.67 bits per heavy atom. The smallest absolute Gasteiger partial charge is 0.353 e. The van der Waals surface area contributed by atoms with E-state index in [1.54, 1.807) is 4.90 Å². The number of nitrogens with one attached hydrogen (secondary N) is 2. The van der Waals surface area contributed by atoms with Crippen molar-refractivity contribution in [3.05, 3.63) is 59.7 Å². The van der Waals surface area contributed by atoms with E-state index in [0.717, 1.165) is 17.0 Å². The van der Waals surface area contributed by atoms with Gasteiger partial charge in [0.05, 0.1) is 11.1 Å². The van der Waals surface area contributed by atoms with E-state index in [-0.39, 0.29) is 17.3 Å². The summed E-state index contributed by atoms with van der Waals surface area (Å²) in [6.45, 7) is 5.35. The first-order chi connectivity index (χ1) is 17.2. The molecule has 2 aromatic heterocycles. The number of anilines is 3. The summed E-state index contributed by atoms with van der Waals surface area (Å²) in [5, 5.41) is 11.3. The van der Waals surface area contributed by atoms with Gasteiger partial charge in [-0.15, -0.1) is 0 Å².